The molecule has 8 nitrogen and oxygen atoms in total. The molecule has 3 aliphatic carbocycles. The molecule has 1 fully saturated rings. The zero-order valence-corrected chi connectivity index (χ0v) is 21.0. The van der Waals surface area contributed by atoms with Crippen molar-refractivity contribution >= 4 is 29.1 Å². The number of anilines is 1. The lowest BCUT2D eigenvalue weighted by molar-refractivity contribution is -0.384. The van der Waals surface area contributed by atoms with Gasteiger partial charge in [-0.25, -0.2) is 0 Å². The van der Waals surface area contributed by atoms with Crippen LogP contribution in [0.15, 0.2) is 72.8 Å². The van der Waals surface area contributed by atoms with Gasteiger partial charge in [-0.2, -0.15) is 0 Å². The van der Waals surface area contributed by atoms with Gasteiger partial charge in [0.1, 0.15) is 6.04 Å². The molecule has 192 valence electrons. The minimum absolute atomic E-state index is 0.0388. The molecule has 0 unspecified atom stereocenters. The highest BCUT2D eigenvalue weighted by molar-refractivity contribution is 6.11. The molecule has 3 aromatic rings. The molecular formula is C30H27N3O5. The molecule has 1 saturated heterocycles. The standard InChI is InChI=1S/C30H27N3O5/c1-16(2)15-23(28(34)31-17-11-13-18(14-12-17)33(37)38)32-29(35)26-24-19-7-3-4-8-20(19)25(27(26)30(32)36)22-10-6-5-9-21(22)24/h3-14,16,23-27H,15H2,1-2H3,(H,31,34)/t23-,24?,25?,26-,27+/m0/s1. The number of nitro groups is 1. The molecule has 2 bridgehead atoms. The number of amides is 3. The molecule has 1 aliphatic heterocycles. The Morgan fingerprint density at radius 1 is 0.842 bits per heavy atom. The smallest absolute Gasteiger partial charge is 0.269 e. The van der Waals surface area contributed by atoms with Crippen molar-refractivity contribution in [1.29, 1.82) is 0 Å². The van der Waals surface area contributed by atoms with E-state index in [-0.39, 0.29) is 35.3 Å². The average molecular weight is 510 g/mol. The van der Waals surface area contributed by atoms with Gasteiger partial charge in [0.05, 0.1) is 16.8 Å². The van der Waals surface area contributed by atoms with E-state index in [1.807, 2.05) is 62.4 Å². The van der Waals surface area contributed by atoms with Gasteiger partial charge in [-0.1, -0.05) is 62.4 Å². The molecule has 0 spiro atoms. The van der Waals surface area contributed by atoms with Gasteiger partial charge in [-0.15, -0.1) is 0 Å². The van der Waals surface area contributed by atoms with Crippen molar-refractivity contribution in [2.45, 2.75) is 38.1 Å². The number of carbonyl (C=O) groups is 3. The number of hydrogen-bond donors (Lipinski definition) is 1. The number of imide groups is 1. The summed E-state index contributed by atoms with van der Waals surface area (Å²) < 4.78 is 0. The normalized spacial score (nSPS) is 23.6. The summed E-state index contributed by atoms with van der Waals surface area (Å²) in [6.07, 6.45) is 0.310. The largest absolute Gasteiger partial charge is 0.324 e. The molecule has 3 amide bonds. The van der Waals surface area contributed by atoms with Crippen LogP contribution in [0, 0.1) is 27.9 Å². The van der Waals surface area contributed by atoms with Crippen LogP contribution in [0.2, 0.25) is 0 Å². The van der Waals surface area contributed by atoms with Crippen molar-refractivity contribution < 1.29 is 19.3 Å². The first-order chi connectivity index (χ1) is 18.3. The van der Waals surface area contributed by atoms with Crippen LogP contribution in [0.4, 0.5) is 11.4 Å². The number of carbonyl (C=O) groups excluding carboxylic acids is 3. The maximum absolute atomic E-state index is 14.1. The van der Waals surface area contributed by atoms with Gasteiger partial charge in [-0.3, -0.25) is 29.4 Å². The highest BCUT2D eigenvalue weighted by atomic mass is 16.6. The highest BCUT2D eigenvalue weighted by Gasteiger charge is 2.63. The number of likely N-dealkylation sites (tertiary alicyclic amines) is 1. The first kappa shape index (κ1) is 24.0. The van der Waals surface area contributed by atoms with E-state index < -0.39 is 28.7 Å². The van der Waals surface area contributed by atoms with E-state index in [1.54, 1.807) is 0 Å². The second-order valence-electron chi connectivity index (χ2n) is 10.7. The molecule has 3 aromatic carbocycles. The zero-order chi connectivity index (χ0) is 26.7. The van der Waals surface area contributed by atoms with Crippen LogP contribution in [0.1, 0.15) is 54.4 Å². The van der Waals surface area contributed by atoms with E-state index in [9.17, 15) is 24.5 Å². The summed E-state index contributed by atoms with van der Waals surface area (Å²) >= 11 is 0. The molecule has 0 radical (unpaired) electrons. The fraction of sp³-hybridized carbons (Fsp3) is 0.300. The Morgan fingerprint density at radius 2 is 1.29 bits per heavy atom. The molecule has 1 N–H and O–H groups in total. The minimum Gasteiger partial charge on any atom is -0.324 e. The first-order valence-corrected chi connectivity index (χ1v) is 12.9. The lowest BCUT2D eigenvalue weighted by atomic mass is 9.55. The third-order valence-corrected chi connectivity index (χ3v) is 8.14. The molecule has 4 aliphatic rings. The molecule has 0 aromatic heterocycles. The summed E-state index contributed by atoms with van der Waals surface area (Å²) in [4.78, 5) is 53.5. The van der Waals surface area contributed by atoms with Crippen LogP contribution >= 0.6 is 0 Å². The third kappa shape index (κ3) is 3.55. The van der Waals surface area contributed by atoms with Gasteiger partial charge >= 0.3 is 0 Å². The summed E-state index contributed by atoms with van der Waals surface area (Å²) in [6, 6.07) is 20.6. The van der Waals surface area contributed by atoms with Crippen molar-refractivity contribution in [3.8, 4) is 0 Å². The van der Waals surface area contributed by atoms with E-state index in [4.69, 9.17) is 0 Å². The lowest BCUT2D eigenvalue weighted by Crippen LogP contribution is -2.48. The maximum atomic E-state index is 14.1. The van der Waals surface area contributed by atoms with Crippen molar-refractivity contribution in [1.82, 2.24) is 4.90 Å². The van der Waals surface area contributed by atoms with Crippen LogP contribution in [-0.2, 0) is 14.4 Å². The van der Waals surface area contributed by atoms with Crippen molar-refractivity contribution in [3.63, 3.8) is 0 Å². The first-order valence-electron chi connectivity index (χ1n) is 12.9. The van der Waals surface area contributed by atoms with Gasteiger partial charge in [-0.05, 0) is 46.7 Å². The Morgan fingerprint density at radius 3 is 1.68 bits per heavy atom. The second-order valence-corrected chi connectivity index (χ2v) is 10.7. The van der Waals surface area contributed by atoms with Gasteiger partial charge < -0.3 is 5.32 Å². The molecule has 8 heteroatoms. The Hall–Kier alpha value is -4.33. The SMILES string of the molecule is CC(C)C[C@@H](C(=O)Nc1ccc([N+](=O)[O-])cc1)N1C(=O)[C@@H]2C3c4ccccc4C(c4ccccc43)[C@@H]2C1=O. The molecule has 1 heterocycles. The van der Waals surface area contributed by atoms with Gasteiger partial charge in [0, 0.05) is 29.7 Å². The number of non-ortho nitro benzene ring substituents is 1. The van der Waals surface area contributed by atoms with Crippen LogP contribution in [0.3, 0.4) is 0 Å². The zero-order valence-electron chi connectivity index (χ0n) is 21.0. The van der Waals surface area contributed by atoms with Crippen molar-refractivity contribution in [3.05, 3.63) is 105 Å². The Labute approximate surface area is 219 Å². The van der Waals surface area contributed by atoms with Gasteiger partial charge in [0.2, 0.25) is 17.7 Å². The predicted octanol–water partition coefficient (Wildman–Crippen LogP) is 4.84. The van der Waals surface area contributed by atoms with E-state index in [0.717, 1.165) is 22.3 Å². The Kier molecular flexibility index (Phi) is 5.63. The van der Waals surface area contributed by atoms with Crippen molar-refractivity contribution in [2.24, 2.45) is 17.8 Å². The summed E-state index contributed by atoms with van der Waals surface area (Å²) in [6.45, 7) is 3.89. The van der Waals surface area contributed by atoms with Gasteiger partial charge in [0.25, 0.3) is 5.69 Å². The Bertz CT molecular complexity index is 1370. The molecule has 38 heavy (non-hydrogen) atoms. The summed E-state index contributed by atoms with van der Waals surface area (Å²) in [5.74, 6) is -2.63. The predicted molar refractivity (Wildman–Crippen MR) is 140 cm³/mol. The topological polar surface area (TPSA) is 110 Å². The second kappa shape index (κ2) is 8.90. The molecular weight excluding hydrogens is 482 g/mol. The quantitative estimate of drug-likeness (QED) is 0.291. The fourth-order valence-corrected chi connectivity index (χ4v) is 6.68. The summed E-state index contributed by atoms with van der Waals surface area (Å²) in [7, 11) is 0. The van der Waals surface area contributed by atoms with E-state index in [0.29, 0.717) is 12.1 Å². The number of nitrogens with zero attached hydrogens (tertiary/aromatic N) is 2. The monoisotopic (exact) mass is 509 g/mol. The van der Waals surface area contributed by atoms with Crippen LogP contribution in [-0.4, -0.2) is 33.6 Å². The number of rotatable bonds is 6. The number of hydrogen-bond acceptors (Lipinski definition) is 5. The van der Waals surface area contributed by atoms with Crippen LogP contribution < -0.4 is 5.32 Å². The number of benzene rings is 3. The van der Waals surface area contributed by atoms with Crippen molar-refractivity contribution in [2.75, 3.05) is 5.32 Å². The maximum Gasteiger partial charge on any atom is 0.269 e. The molecule has 3 atom stereocenters. The fourth-order valence-electron chi connectivity index (χ4n) is 6.68. The van der Waals surface area contributed by atoms with E-state index >= 15 is 0 Å². The van der Waals surface area contributed by atoms with E-state index in [2.05, 4.69) is 5.32 Å². The molecule has 0 saturated carbocycles. The van der Waals surface area contributed by atoms with Crippen LogP contribution in [0.5, 0.6) is 0 Å². The number of nitrogens with one attached hydrogen (secondary N) is 1. The number of nitro benzene ring substituents is 1. The average Bonchev–Trinajstić information content (AvgIpc) is 3.17. The minimum atomic E-state index is -0.985. The van der Waals surface area contributed by atoms with Crippen LogP contribution in [0.25, 0.3) is 0 Å². The Balaban J connectivity index is 1.37. The van der Waals surface area contributed by atoms with Gasteiger partial charge in [0.15, 0.2) is 0 Å². The van der Waals surface area contributed by atoms with E-state index in [1.165, 1.54) is 29.2 Å². The third-order valence-electron chi connectivity index (χ3n) is 8.14. The summed E-state index contributed by atoms with van der Waals surface area (Å²) in [5.41, 5.74) is 4.59. The lowest BCUT2D eigenvalue weighted by Gasteiger charge is -2.45. The summed E-state index contributed by atoms with van der Waals surface area (Å²) in [5, 5.41) is 13.8. The molecule has 7 rings (SSSR count). The highest BCUT2D eigenvalue weighted by Crippen LogP contribution is 2.61.